The summed E-state index contributed by atoms with van der Waals surface area (Å²) in [4.78, 5) is 10.8. The number of hydrogen-bond acceptors (Lipinski definition) is 2. The van der Waals surface area contributed by atoms with Gasteiger partial charge in [0.15, 0.2) is 0 Å². The van der Waals surface area contributed by atoms with Crippen molar-refractivity contribution in [2.24, 2.45) is 0 Å². The highest BCUT2D eigenvalue weighted by Gasteiger charge is 2.39. The Kier molecular flexibility index (Phi) is 3.67. The summed E-state index contributed by atoms with van der Waals surface area (Å²) in [6.07, 6.45) is -3.00. The van der Waals surface area contributed by atoms with E-state index in [1.807, 2.05) is 0 Å². The normalized spacial score (nSPS) is 17.3. The van der Waals surface area contributed by atoms with E-state index in [0.29, 0.717) is 5.56 Å². The molecule has 1 atom stereocenters. The van der Waals surface area contributed by atoms with Gasteiger partial charge in [0.1, 0.15) is 0 Å². The van der Waals surface area contributed by atoms with Crippen LogP contribution in [0.4, 0.5) is 13.2 Å². The molecule has 0 saturated carbocycles. The molecule has 3 nitrogen and oxygen atoms in total. The van der Waals surface area contributed by atoms with Crippen molar-refractivity contribution in [3.05, 3.63) is 86.6 Å². The van der Waals surface area contributed by atoms with E-state index in [4.69, 9.17) is 0 Å². The molecule has 0 N–H and O–H groups in total. The molecule has 0 saturated heterocycles. The Balaban J connectivity index is 2.16. The number of nitrogens with zero attached hydrogens (tertiary/aromatic N) is 1. The number of rotatable bonds is 2. The third-order valence-corrected chi connectivity index (χ3v) is 3.99. The van der Waals surface area contributed by atoms with Crippen LogP contribution in [0.3, 0.4) is 0 Å². The lowest BCUT2D eigenvalue weighted by Crippen LogP contribution is -2.20. The summed E-state index contributed by atoms with van der Waals surface area (Å²) in [6, 6.07) is 12.1. The number of allylic oxidation sites excluding steroid dienone is 1. The molecule has 0 aliphatic heterocycles. The highest BCUT2D eigenvalue weighted by molar-refractivity contribution is 5.61. The summed E-state index contributed by atoms with van der Waals surface area (Å²) < 4.78 is 39.7. The summed E-state index contributed by atoms with van der Waals surface area (Å²) in [6.45, 7) is 0. The van der Waals surface area contributed by atoms with E-state index in [1.54, 1.807) is 24.3 Å². The zero-order chi connectivity index (χ0) is 16.6. The van der Waals surface area contributed by atoms with Crippen molar-refractivity contribution in [3.8, 4) is 0 Å². The molecule has 0 fully saturated rings. The first-order valence-electron chi connectivity index (χ1n) is 6.98. The van der Waals surface area contributed by atoms with E-state index in [1.165, 1.54) is 24.3 Å². The Morgan fingerprint density at radius 3 is 2.39 bits per heavy atom. The minimum atomic E-state index is -4.55. The zero-order valence-corrected chi connectivity index (χ0v) is 11.9. The fourth-order valence-corrected chi connectivity index (χ4v) is 2.95. The minimum absolute atomic E-state index is 0.0579. The molecule has 0 aromatic heterocycles. The molecule has 2 aromatic rings. The van der Waals surface area contributed by atoms with Crippen molar-refractivity contribution in [3.63, 3.8) is 0 Å². The lowest BCUT2D eigenvalue weighted by atomic mass is 9.81. The molecule has 1 aliphatic carbocycles. The van der Waals surface area contributed by atoms with Crippen LogP contribution in [0.5, 0.6) is 0 Å². The number of halogens is 3. The van der Waals surface area contributed by atoms with Crippen molar-refractivity contribution in [1.82, 2.24) is 0 Å². The maximum absolute atomic E-state index is 13.2. The smallest absolute Gasteiger partial charge is 0.259 e. The van der Waals surface area contributed by atoms with Crippen LogP contribution in [0, 0.1) is 10.1 Å². The van der Waals surface area contributed by atoms with Gasteiger partial charge in [0, 0.05) is 6.08 Å². The second-order valence-corrected chi connectivity index (χ2v) is 5.37. The molecule has 3 rings (SSSR count). The first kappa shape index (κ1) is 15.3. The van der Waals surface area contributed by atoms with Gasteiger partial charge in [0.25, 0.3) is 5.70 Å². The summed E-state index contributed by atoms with van der Waals surface area (Å²) in [5.74, 6) is -0.919. The van der Waals surface area contributed by atoms with Crippen LogP contribution in [-0.2, 0) is 12.6 Å². The average Bonchev–Trinajstić information content (AvgIpc) is 2.52. The largest absolute Gasteiger partial charge is 0.416 e. The van der Waals surface area contributed by atoms with Crippen molar-refractivity contribution in [1.29, 1.82) is 0 Å². The number of nitro groups is 1. The Labute approximate surface area is 130 Å². The molecule has 6 heteroatoms. The van der Waals surface area contributed by atoms with Gasteiger partial charge in [-0.15, -0.1) is 0 Å². The summed E-state index contributed by atoms with van der Waals surface area (Å²) in [7, 11) is 0. The molecule has 118 valence electrons. The lowest BCUT2D eigenvalue weighted by Gasteiger charge is -2.23. The SMILES string of the molecule is O=[N+]([O-])C1=Cc2ccccc2CC1c1ccccc1C(F)(F)F. The Morgan fingerprint density at radius 2 is 1.70 bits per heavy atom. The third kappa shape index (κ3) is 2.84. The molecule has 0 spiro atoms. The van der Waals surface area contributed by atoms with Crippen LogP contribution in [-0.4, -0.2) is 4.92 Å². The van der Waals surface area contributed by atoms with E-state index in [2.05, 4.69) is 0 Å². The molecule has 0 bridgehead atoms. The second-order valence-electron chi connectivity index (χ2n) is 5.37. The van der Waals surface area contributed by atoms with Gasteiger partial charge in [0.05, 0.1) is 16.4 Å². The highest BCUT2D eigenvalue weighted by atomic mass is 19.4. The summed E-state index contributed by atoms with van der Waals surface area (Å²) in [5.41, 5.74) is 0.398. The second kappa shape index (κ2) is 5.53. The quantitative estimate of drug-likeness (QED) is 0.596. The van der Waals surface area contributed by atoms with Crippen molar-refractivity contribution in [2.75, 3.05) is 0 Å². The maximum Gasteiger partial charge on any atom is 0.416 e. The topological polar surface area (TPSA) is 43.1 Å². The summed E-state index contributed by atoms with van der Waals surface area (Å²) in [5, 5.41) is 11.4. The molecular formula is C17H12F3NO2. The molecule has 1 aliphatic rings. The molecule has 0 heterocycles. The fraction of sp³-hybridized carbons (Fsp3) is 0.176. The van der Waals surface area contributed by atoms with E-state index in [9.17, 15) is 23.3 Å². The van der Waals surface area contributed by atoms with E-state index in [-0.39, 0.29) is 17.7 Å². The van der Waals surface area contributed by atoms with Crippen LogP contribution >= 0.6 is 0 Å². The van der Waals surface area contributed by atoms with Gasteiger partial charge < -0.3 is 0 Å². The number of alkyl halides is 3. The van der Waals surface area contributed by atoms with E-state index >= 15 is 0 Å². The number of hydrogen-bond donors (Lipinski definition) is 0. The van der Waals surface area contributed by atoms with Gasteiger partial charge in [-0.3, -0.25) is 10.1 Å². The minimum Gasteiger partial charge on any atom is -0.259 e. The third-order valence-electron chi connectivity index (χ3n) is 3.99. The lowest BCUT2D eigenvalue weighted by molar-refractivity contribution is -0.428. The van der Waals surface area contributed by atoms with Crippen molar-refractivity contribution < 1.29 is 18.1 Å². The first-order chi connectivity index (χ1) is 10.9. The predicted molar refractivity (Wildman–Crippen MR) is 79.3 cm³/mol. The maximum atomic E-state index is 13.2. The Bertz CT molecular complexity index is 796. The van der Waals surface area contributed by atoms with Gasteiger partial charge in [0.2, 0.25) is 0 Å². The summed E-state index contributed by atoms with van der Waals surface area (Å²) >= 11 is 0. The average molecular weight is 319 g/mol. The first-order valence-corrected chi connectivity index (χ1v) is 6.98. The van der Waals surface area contributed by atoms with Crippen LogP contribution in [0.15, 0.2) is 54.2 Å². The van der Waals surface area contributed by atoms with Crippen LogP contribution < -0.4 is 0 Å². The zero-order valence-electron chi connectivity index (χ0n) is 11.9. The predicted octanol–water partition coefficient (Wildman–Crippen LogP) is 4.66. The fourth-order valence-electron chi connectivity index (χ4n) is 2.95. The number of fused-ring (bicyclic) bond motifs is 1. The molecule has 0 radical (unpaired) electrons. The van der Waals surface area contributed by atoms with Crippen LogP contribution in [0.1, 0.15) is 28.2 Å². The Hall–Kier alpha value is -2.63. The van der Waals surface area contributed by atoms with Gasteiger partial charge in [-0.1, -0.05) is 42.5 Å². The van der Waals surface area contributed by atoms with E-state index < -0.39 is 22.6 Å². The molecular weight excluding hydrogens is 307 g/mol. The van der Waals surface area contributed by atoms with E-state index in [0.717, 1.165) is 11.6 Å². The monoisotopic (exact) mass is 319 g/mol. The van der Waals surface area contributed by atoms with Crippen LogP contribution in [0.25, 0.3) is 6.08 Å². The van der Waals surface area contributed by atoms with Gasteiger partial charge in [-0.25, -0.2) is 0 Å². The Morgan fingerprint density at radius 1 is 1.04 bits per heavy atom. The van der Waals surface area contributed by atoms with Gasteiger partial charge in [-0.05, 0) is 29.2 Å². The van der Waals surface area contributed by atoms with Crippen LogP contribution in [0.2, 0.25) is 0 Å². The molecule has 0 amide bonds. The van der Waals surface area contributed by atoms with Gasteiger partial charge >= 0.3 is 6.18 Å². The molecule has 1 unspecified atom stereocenters. The van der Waals surface area contributed by atoms with Crippen molar-refractivity contribution >= 4 is 6.08 Å². The standard InChI is InChI=1S/C17H12F3NO2/c18-17(19,20)15-8-4-3-7-13(15)14-9-11-5-1-2-6-12(11)10-16(14)21(22)23/h1-8,10,14H,9H2. The molecule has 23 heavy (non-hydrogen) atoms. The molecule has 2 aromatic carbocycles. The van der Waals surface area contributed by atoms with Crippen molar-refractivity contribution in [2.45, 2.75) is 18.5 Å². The number of benzene rings is 2. The highest BCUT2D eigenvalue weighted by Crippen LogP contribution is 2.41. The van der Waals surface area contributed by atoms with Gasteiger partial charge in [-0.2, -0.15) is 13.2 Å².